The van der Waals surface area contributed by atoms with Crippen molar-refractivity contribution >= 4 is 23.7 Å². The number of hydrazone groups is 1. The van der Waals surface area contributed by atoms with Crippen LogP contribution >= 0.6 is 0 Å². The molecule has 0 radical (unpaired) electrons. The van der Waals surface area contributed by atoms with Crippen LogP contribution in [0.4, 0.5) is 5.69 Å². The Bertz CT molecular complexity index is 600. The third-order valence-corrected chi connectivity index (χ3v) is 2.60. The molecule has 0 spiro atoms. The van der Waals surface area contributed by atoms with E-state index in [0.29, 0.717) is 6.54 Å². The summed E-state index contributed by atoms with van der Waals surface area (Å²) in [6.45, 7) is 2.35. The zero-order chi connectivity index (χ0) is 16.5. The third-order valence-electron chi connectivity index (χ3n) is 2.60. The van der Waals surface area contributed by atoms with Crippen molar-refractivity contribution in [2.24, 2.45) is 5.10 Å². The van der Waals surface area contributed by atoms with E-state index in [1.165, 1.54) is 6.07 Å². The van der Waals surface area contributed by atoms with E-state index in [2.05, 4.69) is 10.4 Å². The molecule has 0 saturated carbocycles. The summed E-state index contributed by atoms with van der Waals surface area (Å²) in [5, 5.41) is 25.9. The average molecular weight is 308 g/mol. The molecule has 0 aliphatic heterocycles. The normalized spacial score (nSPS) is 10.4. The summed E-state index contributed by atoms with van der Waals surface area (Å²) in [6.07, 6.45) is 2.78. The molecule has 0 unspecified atom stereocenters. The van der Waals surface area contributed by atoms with Crippen molar-refractivity contribution < 1.29 is 19.6 Å². The number of unbranched alkanes of at least 4 members (excludes halogenated alkanes) is 1. The minimum atomic E-state index is -0.930. The molecule has 0 atom stereocenters. The van der Waals surface area contributed by atoms with E-state index in [-0.39, 0.29) is 5.56 Å². The number of nitro benzene ring substituents is 1. The maximum Gasteiger partial charge on any atom is 0.329 e. The number of phenolic OH excluding ortho intramolecular Hbond substituents is 1. The Morgan fingerprint density at radius 2 is 2.14 bits per heavy atom. The van der Waals surface area contributed by atoms with Gasteiger partial charge in [0, 0.05) is 18.2 Å². The number of benzene rings is 1. The maximum absolute atomic E-state index is 11.4. The molecule has 0 bridgehead atoms. The Labute approximate surface area is 126 Å². The van der Waals surface area contributed by atoms with Gasteiger partial charge in [-0.25, -0.2) is 5.43 Å². The predicted molar refractivity (Wildman–Crippen MR) is 78.4 cm³/mol. The van der Waals surface area contributed by atoms with Crippen LogP contribution in [0.25, 0.3) is 0 Å². The minimum absolute atomic E-state index is 0.288. The van der Waals surface area contributed by atoms with Crippen LogP contribution in [0.5, 0.6) is 5.75 Å². The monoisotopic (exact) mass is 308 g/mol. The molecule has 3 N–H and O–H groups in total. The number of phenols is 1. The van der Waals surface area contributed by atoms with Gasteiger partial charge in [-0.2, -0.15) is 5.10 Å². The van der Waals surface area contributed by atoms with Crippen molar-refractivity contribution in [3.05, 3.63) is 33.9 Å². The number of rotatable bonds is 6. The minimum Gasteiger partial charge on any atom is -0.502 e. The lowest BCUT2D eigenvalue weighted by atomic mass is 10.2. The summed E-state index contributed by atoms with van der Waals surface area (Å²) in [4.78, 5) is 32.6. The summed E-state index contributed by atoms with van der Waals surface area (Å²) >= 11 is 0. The van der Waals surface area contributed by atoms with Gasteiger partial charge in [0.15, 0.2) is 5.75 Å². The lowest BCUT2D eigenvalue weighted by Crippen LogP contribution is -2.38. The van der Waals surface area contributed by atoms with E-state index in [1.807, 2.05) is 12.3 Å². The van der Waals surface area contributed by atoms with Gasteiger partial charge in [-0.3, -0.25) is 19.7 Å². The van der Waals surface area contributed by atoms with Gasteiger partial charge in [0.2, 0.25) is 0 Å². The quantitative estimate of drug-likeness (QED) is 0.233. The Balaban J connectivity index is 2.59. The highest BCUT2D eigenvalue weighted by Crippen LogP contribution is 2.25. The predicted octanol–water partition coefficient (Wildman–Crippen LogP) is 0.667. The number of aromatic hydroxyl groups is 1. The van der Waals surface area contributed by atoms with Gasteiger partial charge in [0.25, 0.3) is 0 Å². The first-order valence-electron chi connectivity index (χ1n) is 6.54. The van der Waals surface area contributed by atoms with Crippen LogP contribution in [0.1, 0.15) is 25.3 Å². The van der Waals surface area contributed by atoms with Crippen LogP contribution in [0, 0.1) is 10.1 Å². The Morgan fingerprint density at radius 1 is 1.41 bits per heavy atom. The van der Waals surface area contributed by atoms with Crippen LogP contribution in [0.15, 0.2) is 23.3 Å². The van der Waals surface area contributed by atoms with E-state index in [0.717, 1.165) is 31.2 Å². The van der Waals surface area contributed by atoms with Crippen LogP contribution < -0.4 is 10.7 Å². The maximum atomic E-state index is 11.4. The van der Waals surface area contributed by atoms with Crippen LogP contribution in [-0.2, 0) is 9.59 Å². The standard InChI is InChI=1S/C13H16N4O5/c1-2-3-6-14-12(19)13(20)16-15-8-9-4-5-11(18)10(7-9)17(21)22/h4-5,7-8,18H,2-3,6H2,1H3,(H,14,19)(H,16,20)/b15-8-. The number of amides is 2. The van der Waals surface area contributed by atoms with Crippen LogP contribution in [-0.4, -0.2) is 34.6 Å². The van der Waals surface area contributed by atoms with Crippen LogP contribution in [0.3, 0.4) is 0 Å². The molecule has 9 heteroatoms. The number of nitrogens with one attached hydrogen (secondary N) is 2. The zero-order valence-electron chi connectivity index (χ0n) is 11.9. The smallest absolute Gasteiger partial charge is 0.329 e. The van der Waals surface area contributed by atoms with Gasteiger partial charge in [0.05, 0.1) is 11.1 Å². The molecule has 1 aromatic carbocycles. The van der Waals surface area contributed by atoms with Crippen molar-refractivity contribution in [3.8, 4) is 5.75 Å². The largest absolute Gasteiger partial charge is 0.502 e. The van der Waals surface area contributed by atoms with Gasteiger partial charge >= 0.3 is 17.5 Å². The molecule has 0 saturated heterocycles. The van der Waals surface area contributed by atoms with E-state index in [4.69, 9.17) is 0 Å². The number of carbonyl (C=O) groups is 2. The molecule has 1 rings (SSSR count). The summed E-state index contributed by atoms with van der Waals surface area (Å²) in [5.41, 5.74) is 1.82. The highest BCUT2D eigenvalue weighted by Gasteiger charge is 2.13. The zero-order valence-corrected chi connectivity index (χ0v) is 11.9. The number of hydrogen-bond acceptors (Lipinski definition) is 6. The van der Waals surface area contributed by atoms with Gasteiger partial charge in [-0.15, -0.1) is 0 Å². The van der Waals surface area contributed by atoms with E-state index in [9.17, 15) is 24.8 Å². The topological polar surface area (TPSA) is 134 Å². The second kappa shape index (κ2) is 8.35. The first kappa shape index (κ1) is 17.1. The lowest BCUT2D eigenvalue weighted by molar-refractivity contribution is -0.385. The highest BCUT2D eigenvalue weighted by molar-refractivity contribution is 6.35. The molecular formula is C13H16N4O5. The molecule has 22 heavy (non-hydrogen) atoms. The third kappa shape index (κ3) is 5.19. The fraction of sp³-hybridized carbons (Fsp3) is 0.308. The molecule has 0 aliphatic rings. The SMILES string of the molecule is CCCCNC(=O)C(=O)N/N=C\c1ccc(O)c([N+](=O)[O-])c1. The summed E-state index contributed by atoms with van der Waals surface area (Å²) < 4.78 is 0. The fourth-order valence-corrected chi connectivity index (χ4v) is 1.44. The van der Waals surface area contributed by atoms with Crippen molar-refractivity contribution in [1.82, 2.24) is 10.7 Å². The lowest BCUT2D eigenvalue weighted by Gasteiger charge is -2.02. The van der Waals surface area contributed by atoms with Crippen molar-refractivity contribution in [2.45, 2.75) is 19.8 Å². The number of nitrogens with zero attached hydrogens (tertiary/aromatic N) is 2. The van der Waals surface area contributed by atoms with Crippen molar-refractivity contribution in [2.75, 3.05) is 6.54 Å². The van der Waals surface area contributed by atoms with Gasteiger partial charge in [0.1, 0.15) is 0 Å². The highest BCUT2D eigenvalue weighted by atomic mass is 16.6. The first-order chi connectivity index (χ1) is 10.5. The molecule has 0 fully saturated rings. The first-order valence-corrected chi connectivity index (χ1v) is 6.54. The summed E-state index contributed by atoms with van der Waals surface area (Å²) in [6, 6.07) is 3.60. The van der Waals surface area contributed by atoms with Gasteiger partial charge in [-0.05, 0) is 18.6 Å². The van der Waals surface area contributed by atoms with Crippen molar-refractivity contribution in [3.63, 3.8) is 0 Å². The van der Waals surface area contributed by atoms with Gasteiger partial charge in [-0.1, -0.05) is 13.3 Å². The molecule has 0 aliphatic carbocycles. The van der Waals surface area contributed by atoms with Gasteiger partial charge < -0.3 is 10.4 Å². The summed E-state index contributed by atoms with van der Waals surface area (Å²) in [7, 11) is 0. The van der Waals surface area contributed by atoms with E-state index < -0.39 is 28.2 Å². The van der Waals surface area contributed by atoms with Crippen LogP contribution in [0.2, 0.25) is 0 Å². The summed E-state index contributed by atoms with van der Waals surface area (Å²) in [5.74, 6) is -2.20. The second-order valence-corrected chi connectivity index (χ2v) is 4.31. The van der Waals surface area contributed by atoms with E-state index in [1.54, 1.807) is 0 Å². The molecule has 9 nitrogen and oxygen atoms in total. The van der Waals surface area contributed by atoms with Crippen molar-refractivity contribution in [1.29, 1.82) is 0 Å². The Morgan fingerprint density at radius 3 is 2.77 bits per heavy atom. The Kier molecular flexibility index (Phi) is 6.48. The Hall–Kier alpha value is -2.97. The number of carbonyl (C=O) groups excluding carboxylic acids is 2. The molecule has 1 aromatic rings. The molecular weight excluding hydrogens is 292 g/mol. The average Bonchev–Trinajstić information content (AvgIpc) is 2.48. The number of hydrogen-bond donors (Lipinski definition) is 3. The fourth-order valence-electron chi connectivity index (χ4n) is 1.44. The molecule has 118 valence electrons. The molecule has 0 aromatic heterocycles. The van der Waals surface area contributed by atoms with E-state index >= 15 is 0 Å². The molecule has 2 amide bonds. The number of nitro groups is 1. The molecule has 0 heterocycles. The second-order valence-electron chi connectivity index (χ2n) is 4.31.